The van der Waals surface area contributed by atoms with Crippen LogP contribution in [0, 0.1) is 0 Å². The standard InChI is InChI=1S/C16H18N4O2/c1-11-15(21)19-9-5-8-13(19)10-20(11)16-17-14(18-22-16)12-6-3-2-4-7-12/h2-4,6-7,11,13H,5,8-10H2,1H3/t11-,13-/m1/s1. The molecule has 0 bridgehead atoms. The van der Waals surface area contributed by atoms with E-state index >= 15 is 0 Å². The van der Waals surface area contributed by atoms with Gasteiger partial charge >= 0.3 is 6.01 Å². The second-order valence-electron chi connectivity index (χ2n) is 5.92. The summed E-state index contributed by atoms with van der Waals surface area (Å²) in [5.74, 6) is 0.720. The summed E-state index contributed by atoms with van der Waals surface area (Å²) in [6.45, 7) is 3.55. The lowest BCUT2D eigenvalue weighted by atomic mass is 10.1. The number of nitrogens with zero attached hydrogens (tertiary/aromatic N) is 4. The number of anilines is 1. The Balaban J connectivity index is 1.62. The van der Waals surface area contributed by atoms with Gasteiger partial charge in [0.15, 0.2) is 0 Å². The van der Waals surface area contributed by atoms with E-state index in [2.05, 4.69) is 10.1 Å². The molecule has 2 aliphatic rings. The van der Waals surface area contributed by atoms with E-state index in [1.807, 2.05) is 47.1 Å². The summed E-state index contributed by atoms with van der Waals surface area (Å²) in [6, 6.07) is 10.2. The predicted octanol–water partition coefficient (Wildman–Crippen LogP) is 1.94. The van der Waals surface area contributed by atoms with Crippen LogP contribution in [0.5, 0.6) is 0 Å². The number of fused-ring (bicyclic) bond motifs is 1. The van der Waals surface area contributed by atoms with Crippen molar-refractivity contribution in [2.24, 2.45) is 0 Å². The minimum absolute atomic E-state index is 0.160. The van der Waals surface area contributed by atoms with Gasteiger partial charge < -0.3 is 14.3 Å². The van der Waals surface area contributed by atoms with E-state index in [-0.39, 0.29) is 18.0 Å². The molecule has 0 saturated carbocycles. The molecular formula is C16H18N4O2. The maximum Gasteiger partial charge on any atom is 0.325 e. The molecular weight excluding hydrogens is 280 g/mol. The number of carbonyl (C=O) groups is 1. The number of rotatable bonds is 2. The highest BCUT2D eigenvalue weighted by Gasteiger charge is 2.42. The SMILES string of the molecule is C[C@@H]1C(=O)N2CCC[C@@H]2CN1c1nc(-c2ccccc2)no1. The number of benzene rings is 1. The quantitative estimate of drug-likeness (QED) is 0.848. The van der Waals surface area contributed by atoms with Crippen molar-refractivity contribution in [3.63, 3.8) is 0 Å². The van der Waals surface area contributed by atoms with Crippen LogP contribution in [0.3, 0.4) is 0 Å². The van der Waals surface area contributed by atoms with Crippen LogP contribution in [0.1, 0.15) is 19.8 Å². The van der Waals surface area contributed by atoms with Gasteiger partial charge in [0.25, 0.3) is 0 Å². The van der Waals surface area contributed by atoms with E-state index in [0.29, 0.717) is 11.8 Å². The molecule has 1 aromatic carbocycles. The van der Waals surface area contributed by atoms with Gasteiger partial charge in [-0.2, -0.15) is 4.98 Å². The second kappa shape index (κ2) is 5.12. The Labute approximate surface area is 128 Å². The van der Waals surface area contributed by atoms with Gasteiger partial charge in [0.2, 0.25) is 11.7 Å². The fraction of sp³-hybridized carbons (Fsp3) is 0.438. The lowest BCUT2D eigenvalue weighted by Crippen LogP contribution is -2.58. The molecule has 0 spiro atoms. The van der Waals surface area contributed by atoms with E-state index in [0.717, 1.165) is 31.5 Å². The van der Waals surface area contributed by atoms with Gasteiger partial charge in [0.1, 0.15) is 6.04 Å². The Morgan fingerprint density at radius 2 is 2.05 bits per heavy atom. The van der Waals surface area contributed by atoms with E-state index in [4.69, 9.17) is 4.52 Å². The molecule has 4 rings (SSSR count). The maximum absolute atomic E-state index is 12.5. The van der Waals surface area contributed by atoms with Crippen molar-refractivity contribution in [1.29, 1.82) is 0 Å². The summed E-state index contributed by atoms with van der Waals surface area (Å²) in [5, 5.41) is 4.05. The van der Waals surface area contributed by atoms with E-state index in [1.54, 1.807) is 0 Å². The van der Waals surface area contributed by atoms with E-state index < -0.39 is 0 Å². The molecule has 1 aromatic heterocycles. The Morgan fingerprint density at radius 3 is 2.86 bits per heavy atom. The minimum atomic E-state index is -0.251. The number of carbonyl (C=O) groups excluding carboxylic acids is 1. The number of hydrogen-bond donors (Lipinski definition) is 0. The summed E-state index contributed by atoms with van der Waals surface area (Å²) in [7, 11) is 0. The lowest BCUT2D eigenvalue weighted by Gasteiger charge is -2.40. The molecule has 0 unspecified atom stereocenters. The van der Waals surface area contributed by atoms with Crippen LogP contribution >= 0.6 is 0 Å². The van der Waals surface area contributed by atoms with Gasteiger partial charge in [-0.25, -0.2) is 0 Å². The monoisotopic (exact) mass is 298 g/mol. The number of piperazine rings is 1. The molecule has 22 heavy (non-hydrogen) atoms. The first-order valence-corrected chi connectivity index (χ1v) is 7.70. The zero-order valence-corrected chi connectivity index (χ0v) is 12.5. The normalized spacial score (nSPS) is 24.7. The molecule has 6 nitrogen and oxygen atoms in total. The summed E-state index contributed by atoms with van der Waals surface area (Å²) < 4.78 is 5.42. The molecule has 0 N–H and O–H groups in total. The maximum atomic E-state index is 12.5. The van der Waals surface area contributed by atoms with Crippen LogP contribution in [0.2, 0.25) is 0 Å². The fourth-order valence-electron chi connectivity index (χ4n) is 3.35. The number of aromatic nitrogens is 2. The molecule has 2 saturated heterocycles. The molecule has 114 valence electrons. The van der Waals surface area contributed by atoms with Crippen LogP contribution in [-0.2, 0) is 4.79 Å². The molecule has 3 heterocycles. The molecule has 0 aliphatic carbocycles. The van der Waals surface area contributed by atoms with Gasteiger partial charge in [-0.1, -0.05) is 35.5 Å². The molecule has 0 radical (unpaired) electrons. The van der Waals surface area contributed by atoms with Gasteiger partial charge in [-0.05, 0) is 19.8 Å². The topological polar surface area (TPSA) is 62.5 Å². The Hall–Kier alpha value is -2.37. The molecule has 2 atom stereocenters. The summed E-state index contributed by atoms with van der Waals surface area (Å²) in [4.78, 5) is 20.9. The minimum Gasteiger partial charge on any atom is -0.336 e. The second-order valence-corrected chi connectivity index (χ2v) is 5.92. The van der Waals surface area contributed by atoms with Crippen LogP contribution in [0.4, 0.5) is 6.01 Å². The fourth-order valence-corrected chi connectivity index (χ4v) is 3.35. The predicted molar refractivity (Wildman–Crippen MR) is 81.3 cm³/mol. The van der Waals surface area contributed by atoms with Gasteiger partial charge in [0.05, 0.1) is 0 Å². The Kier molecular flexibility index (Phi) is 3.10. The van der Waals surface area contributed by atoms with Crippen molar-refractivity contribution < 1.29 is 9.32 Å². The molecule has 2 aromatic rings. The molecule has 2 aliphatic heterocycles. The third kappa shape index (κ3) is 2.06. The first-order valence-electron chi connectivity index (χ1n) is 7.70. The van der Waals surface area contributed by atoms with E-state index in [9.17, 15) is 4.79 Å². The summed E-state index contributed by atoms with van der Waals surface area (Å²) >= 11 is 0. The smallest absolute Gasteiger partial charge is 0.325 e. The van der Waals surface area contributed by atoms with Crippen molar-refractivity contribution in [1.82, 2.24) is 15.0 Å². The van der Waals surface area contributed by atoms with Gasteiger partial charge in [0, 0.05) is 24.7 Å². The largest absolute Gasteiger partial charge is 0.336 e. The summed E-state index contributed by atoms with van der Waals surface area (Å²) in [6.07, 6.45) is 2.13. The first-order chi connectivity index (χ1) is 10.7. The molecule has 6 heteroatoms. The molecule has 1 amide bonds. The zero-order valence-electron chi connectivity index (χ0n) is 12.5. The highest BCUT2D eigenvalue weighted by molar-refractivity contribution is 5.86. The van der Waals surface area contributed by atoms with Crippen LogP contribution in [0.15, 0.2) is 34.9 Å². The lowest BCUT2D eigenvalue weighted by molar-refractivity contribution is -0.135. The van der Waals surface area contributed by atoms with Gasteiger partial charge in [-0.3, -0.25) is 4.79 Å². The number of hydrogen-bond acceptors (Lipinski definition) is 5. The van der Waals surface area contributed by atoms with Crippen molar-refractivity contribution in [2.45, 2.75) is 31.8 Å². The Bertz CT molecular complexity index is 684. The van der Waals surface area contributed by atoms with Crippen LogP contribution in [0.25, 0.3) is 11.4 Å². The highest BCUT2D eigenvalue weighted by atomic mass is 16.5. The average molecular weight is 298 g/mol. The van der Waals surface area contributed by atoms with Crippen molar-refractivity contribution in [2.75, 3.05) is 18.0 Å². The van der Waals surface area contributed by atoms with Gasteiger partial charge in [-0.15, -0.1) is 0 Å². The Morgan fingerprint density at radius 1 is 1.23 bits per heavy atom. The summed E-state index contributed by atoms with van der Waals surface area (Å²) in [5.41, 5.74) is 0.913. The third-order valence-electron chi connectivity index (χ3n) is 4.59. The van der Waals surface area contributed by atoms with Crippen molar-refractivity contribution >= 4 is 11.9 Å². The average Bonchev–Trinajstić information content (AvgIpc) is 3.20. The highest BCUT2D eigenvalue weighted by Crippen LogP contribution is 2.29. The van der Waals surface area contributed by atoms with Crippen LogP contribution < -0.4 is 4.90 Å². The number of amides is 1. The third-order valence-corrected chi connectivity index (χ3v) is 4.59. The van der Waals surface area contributed by atoms with Crippen LogP contribution in [-0.4, -0.2) is 46.1 Å². The van der Waals surface area contributed by atoms with Crippen molar-refractivity contribution in [3.8, 4) is 11.4 Å². The van der Waals surface area contributed by atoms with Crippen molar-refractivity contribution in [3.05, 3.63) is 30.3 Å². The van der Waals surface area contributed by atoms with E-state index in [1.165, 1.54) is 0 Å². The first kappa shape index (κ1) is 13.3. The zero-order chi connectivity index (χ0) is 15.1. The molecule has 2 fully saturated rings.